The largest absolute Gasteiger partial charge is 0.323 e. The summed E-state index contributed by atoms with van der Waals surface area (Å²) in [5.41, 5.74) is 8.48. The van der Waals surface area contributed by atoms with E-state index in [0.717, 1.165) is 14.9 Å². The van der Waals surface area contributed by atoms with Gasteiger partial charge in [-0.15, -0.1) is 0 Å². The predicted octanol–water partition coefficient (Wildman–Crippen LogP) is 3.95. The molecule has 0 amide bonds. The molecule has 3 atom stereocenters. The lowest BCUT2D eigenvalue weighted by atomic mass is 10.0. The Bertz CT molecular complexity index is 612. The van der Waals surface area contributed by atoms with Gasteiger partial charge < -0.3 is 5.73 Å². The highest BCUT2D eigenvalue weighted by molar-refractivity contribution is 9.10. The highest BCUT2D eigenvalue weighted by Gasteiger charge is 2.22. The van der Waals surface area contributed by atoms with E-state index in [1.165, 1.54) is 5.56 Å². The molecule has 0 aliphatic carbocycles. The lowest BCUT2D eigenvalue weighted by molar-refractivity contribution is 0.643. The van der Waals surface area contributed by atoms with Crippen molar-refractivity contribution in [2.75, 3.05) is 0 Å². The van der Waals surface area contributed by atoms with Crippen LogP contribution in [0.15, 0.2) is 57.9 Å². The van der Waals surface area contributed by atoms with E-state index in [9.17, 15) is 4.21 Å². The van der Waals surface area contributed by atoms with Crippen LogP contribution in [0.25, 0.3) is 0 Å². The minimum atomic E-state index is -1.13. The molecule has 20 heavy (non-hydrogen) atoms. The maximum absolute atomic E-state index is 12.6. The Morgan fingerprint density at radius 3 is 2.40 bits per heavy atom. The van der Waals surface area contributed by atoms with Gasteiger partial charge in [0.15, 0.2) is 0 Å². The molecule has 0 aliphatic rings. The van der Waals surface area contributed by atoms with Gasteiger partial charge in [-0.05, 0) is 37.6 Å². The Kier molecular flexibility index (Phi) is 5.13. The van der Waals surface area contributed by atoms with Crippen molar-refractivity contribution < 1.29 is 4.21 Å². The second kappa shape index (κ2) is 6.66. The number of aryl methyl sites for hydroxylation is 1. The molecule has 0 heterocycles. The average molecular weight is 352 g/mol. The first-order valence-electron chi connectivity index (χ1n) is 6.47. The summed E-state index contributed by atoms with van der Waals surface area (Å²) < 4.78 is 13.5. The number of rotatable bonds is 4. The molecule has 2 aromatic carbocycles. The van der Waals surface area contributed by atoms with Crippen LogP contribution in [-0.4, -0.2) is 9.46 Å². The normalized spacial score (nSPS) is 15.6. The molecular formula is C16H18BrNOS. The molecule has 106 valence electrons. The summed E-state index contributed by atoms with van der Waals surface area (Å²) >= 11 is 3.40. The minimum Gasteiger partial charge on any atom is -0.323 e. The lowest BCUT2D eigenvalue weighted by Gasteiger charge is -2.20. The molecule has 4 heteroatoms. The fraction of sp³-hybridized carbons (Fsp3) is 0.250. The topological polar surface area (TPSA) is 43.1 Å². The zero-order valence-electron chi connectivity index (χ0n) is 11.5. The summed E-state index contributed by atoms with van der Waals surface area (Å²) in [4.78, 5) is 0.800. The van der Waals surface area contributed by atoms with Gasteiger partial charge in [-0.2, -0.15) is 0 Å². The predicted molar refractivity (Wildman–Crippen MR) is 88.1 cm³/mol. The standard InChI is InChI=1S/C16H18BrNOS/c1-11-6-8-13(9-7-11)16(18)12(2)20(19)15-5-3-4-14(17)10-15/h3-10,12,16H,18H2,1-2H3. The van der Waals surface area contributed by atoms with Crippen molar-refractivity contribution in [1.82, 2.24) is 0 Å². The van der Waals surface area contributed by atoms with Crippen molar-refractivity contribution in [3.63, 3.8) is 0 Å². The van der Waals surface area contributed by atoms with Gasteiger partial charge in [-0.1, -0.05) is 51.8 Å². The quantitative estimate of drug-likeness (QED) is 0.905. The molecule has 0 saturated carbocycles. The Labute approximate surface area is 131 Å². The monoisotopic (exact) mass is 351 g/mol. The van der Waals surface area contributed by atoms with Crippen LogP contribution in [0.2, 0.25) is 0 Å². The van der Waals surface area contributed by atoms with Gasteiger partial charge in [0.25, 0.3) is 0 Å². The molecular weight excluding hydrogens is 334 g/mol. The number of halogens is 1. The first kappa shape index (κ1) is 15.4. The summed E-state index contributed by atoms with van der Waals surface area (Å²) in [6.07, 6.45) is 0. The van der Waals surface area contributed by atoms with Crippen molar-refractivity contribution >= 4 is 26.7 Å². The van der Waals surface area contributed by atoms with E-state index in [1.807, 2.05) is 62.4 Å². The fourth-order valence-corrected chi connectivity index (χ4v) is 3.86. The molecule has 2 nitrogen and oxygen atoms in total. The van der Waals surface area contributed by atoms with E-state index >= 15 is 0 Å². The Morgan fingerprint density at radius 1 is 1.15 bits per heavy atom. The van der Waals surface area contributed by atoms with Gasteiger partial charge in [-0.3, -0.25) is 4.21 Å². The second-order valence-electron chi connectivity index (χ2n) is 4.90. The third-order valence-electron chi connectivity index (χ3n) is 3.33. The summed E-state index contributed by atoms with van der Waals surface area (Å²) in [7, 11) is -1.13. The smallest absolute Gasteiger partial charge is 0.0577 e. The van der Waals surface area contributed by atoms with E-state index in [0.29, 0.717) is 0 Å². The van der Waals surface area contributed by atoms with Crippen molar-refractivity contribution in [1.29, 1.82) is 0 Å². The van der Waals surface area contributed by atoms with Gasteiger partial charge >= 0.3 is 0 Å². The molecule has 2 aromatic rings. The van der Waals surface area contributed by atoms with E-state index in [2.05, 4.69) is 15.9 Å². The minimum absolute atomic E-state index is 0.146. The lowest BCUT2D eigenvalue weighted by Crippen LogP contribution is -2.27. The number of nitrogens with two attached hydrogens (primary N) is 1. The maximum Gasteiger partial charge on any atom is 0.0577 e. The van der Waals surface area contributed by atoms with Crippen LogP contribution < -0.4 is 5.73 Å². The molecule has 0 fully saturated rings. The van der Waals surface area contributed by atoms with E-state index in [-0.39, 0.29) is 11.3 Å². The molecule has 0 radical (unpaired) electrons. The van der Waals surface area contributed by atoms with Crippen molar-refractivity contribution in [3.05, 3.63) is 64.1 Å². The zero-order chi connectivity index (χ0) is 14.7. The summed E-state index contributed by atoms with van der Waals surface area (Å²) in [6.45, 7) is 3.97. The Balaban J connectivity index is 2.20. The summed E-state index contributed by atoms with van der Waals surface area (Å²) in [5, 5.41) is -0.146. The molecule has 0 aromatic heterocycles. The molecule has 0 spiro atoms. The highest BCUT2D eigenvalue weighted by atomic mass is 79.9. The molecule has 2 rings (SSSR count). The highest BCUT2D eigenvalue weighted by Crippen LogP contribution is 2.24. The van der Waals surface area contributed by atoms with E-state index < -0.39 is 10.8 Å². The SMILES string of the molecule is Cc1ccc(C(N)C(C)S(=O)c2cccc(Br)c2)cc1. The van der Waals surface area contributed by atoms with Crippen LogP contribution in [0.5, 0.6) is 0 Å². The molecule has 0 bridgehead atoms. The van der Waals surface area contributed by atoms with Gasteiger partial charge in [0.2, 0.25) is 0 Å². The average Bonchev–Trinajstić information content (AvgIpc) is 2.46. The summed E-state index contributed by atoms with van der Waals surface area (Å²) in [5.74, 6) is 0. The number of hydrogen-bond acceptors (Lipinski definition) is 2. The Morgan fingerprint density at radius 2 is 1.80 bits per heavy atom. The first-order chi connectivity index (χ1) is 9.49. The zero-order valence-corrected chi connectivity index (χ0v) is 13.9. The van der Waals surface area contributed by atoms with E-state index in [1.54, 1.807) is 0 Å². The Hall–Kier alpha value is -0.970. The second-order valence-corrected chi connectivity index (χ2v) is 7.62. The third-order valence-corrected chi connectivity index (χ3v) is 5.51. The summed E-state index contributed by atoms with van der Waals surface area (Å²) in [6, 6.07) is 15.4. The van der Waals surface area contributed by atoms with Gasteiger partial charge in [0.05, 0.1) is 16.0 Å². The van der Waals surface area contributed by atoms with Crippen molar-refractivity contribution in [2.45, 2.75) is 30.0 Å². The third kappa shape index (κ3) is 3.57. The first-order valence-corrected chi connectivity index (χ1v) is 8.48. The van der Waals surface area contributed by atoms with Crippen LogP contribution in [0, 0.1) is 6.92 Å². The van der Waals surface area contributed by atoms with Crippen molar-refractivity contribution in [3.8, 4) is 0 Å². The van der Waals surface area contributed by atoms with Crippen LogP contribution in [0.1, 0.15) is 24.1 Å². The van der Waals surface area contributed by atoms with Crippen molar-refractivity contribution in [2.24, 2.45) is 5.73 Å². The number of hydrogen-bond donors (Lipinski definition) is 1. The van der Waals surface area contributed by atoms with Crippen LogP contribution >= 0.6 is 15.9 Å². The van der Waals surface area contributed by atoms with Crippen LogP contribution in [-0.2, 0) is 10.8 Å². The van der Waals surface area contributed by atoms with Gasteiger partial charge in [0.1, 0.15) is 0 Å². The molecule has 2 N–H and O–H groups in total. The molecule has 3 unspecified atom stereocenters. The van der Waals surface area contributed by atoms with Crippen LogP contribution in [0.4, 0.5) is 0 Å². The maximum atomic E-state index is 12.6. The molecule has 0 aliphatic heterocycles. The number of benzene rings is 2. The molecule has 0 saturated heterocycles. The fourth-order valence-electron chi connectivity index (χ4n) is 2.00. The van der Waals surface area contributed by atoms with Gasteiger partial charge in [0, 0.05) is 15.4 Å². The van der Waals surface area contributed by atoms with E-state index in [4.69, 9.17) is 5.73 Å². The van der Waals surface area contributed by atoms with Crippen LogP contribution in [0.3, 0.4) is 0 Å². The van der Waals surface area contributed by atoms with Gasteiger partial charge in [-0.25, -0.2) is 0 Å².